The zero-order valence-electron chi connectivity index (χ0n) is 12.8. The van der Waals surface area contributed by atoms with Gasteiger partial charge in [0, 0.05) is 6.61 Å². The lowest BCUT2D eigenvalue weighted by atomic mass is 10.0. The third-order valence-corrected chi connectivity index (χ3v) is 3.73. The van der Waals surface area contributed by atoms with E-state index in [2.05, 4.69) is 0 Å². The molecule has 0 saturated carbocycles. The predicted molar refractivity (Wildman–Crippen MR) is 81.6 cm³/mol. The molecule has 0 rings (SSSR count). The first-order chi connectivity index (χ1) is 9.70. The number of hydrogen-bond donors (Lipinski definition) is 4. The standard InChI is InChI=1S/C16H34O4/c17-13-8-6-4-2-1-3-5-7-10-15(19)11-9-12-16(20)14-18/h15-20H,1-14H2. The van der Waals surface area contributed by atoms with Crippen LogP contribution in [0.3, 0.4) is 0 Å². The largest absolute Gasteiger partial charge is 0.396 e. The van der Waals surface area contributed by atoms with Gasteiger partial charge in [0.25, 0.3) is 0 Å². The van der Waals surface area contributed by atoms with Gasteiger partial charge in [-0.1, -0.05) is 44.9 Å². The summed E-state index contributed by atoms with van der Waals surface area (Å²) in [6.45, 7) is 0.127. The van der Waals surface area contributed by atoms with E-state index in [-0.39, 0.29) is 12.7 Å². The minimum atomic E-state index is -0.631. The summed E-state index contributed by atoms with van der Waals surface area (Å²) in [6, 6.07) is 0. The van der Waals surface area contributed by atoms with E-state index in [0.29, 0.717) is 13.0 Å². The second-order valence-electron chi connectivity index (χ2n) is 5.76. The molecule has 0 bridgehead atoms. The Morgan fingerprint density at radius 1 is 0.500 bits per heavy atom. The van der Waals surface area contributed by atoms with Crippen molar-refractivity contribution in [2.24, 2.45) is 0 Å². The second kappa shape index (κ2) is 15.2. The highest BCUT2D eigenvalue weighted by Gasteiger charge is 2.06. The van der Waals surface area contributed by atoms with Gasteiger partial charge in [-0.05, 0) is 32.1 Å². The van der Waals surface area contributed by atoms with Gasteiger partial charge in [-0.3, -0.25) is 0 Å². The summed E-state index contributed by atoms with van der Waals surface area (Å²) in [5, 5.41) is 36.3. The van der Waals surface area contributed by atoms with E-state index >= 15 is 0 Å². The molecule has 20 heavy (non-hydrogen) atoms. The van der Waals surface area contributed by atoms with Crippen LogP contribution in [0.15, 0.2) is 0 Å². The molecule has 0 saturated heterocycles. The molecule has 122 valence electrons. The summed E-state index contributed by atoms with van der Waals surface area (Å²) in [5.74, 6) is 0. The van der Waals surface area contributed by atoms with Gasteiger partial charge in [0.15, 0.2) is 0 Å². The van der Waals surface area contributed by atoms with Crippen molar-refractivity contribution in [2.75, 3.05) is 13.2 Å². The van der Waals surface area contributed by atoms with Crippen LogP contribution >= 0.6 is 0 Å². The highest BCUT2D eigenvalue weighted by Crippen LogP contribution is 2.13. The van der Waals surface area contributed by atoms with Gasteiger partial charge in [0.05, 0.1) is 18.8 Å². The van der Waals surface area contributed by atoms with Crippen LogP contribution in [-0.4, -0.2) is 45.8 Å². The first-order valence-corrected chi connectivity index (χ1v) is 8.28. The van der Waals surface area contributed by atoms with E-state index in [0.717, 1.165) is 38.5 Å². The van der Waals surface area contributed by atoms with Crippen LogP contribution in [0.25, 0.3) is 0 Å². The number of aliphatic hydroxyl groups excluding tert-OH is 4. The predicted octanol–water partition coefficient (Wildman–Crippen LogP) is 2.37. The van der Waals surface area contributed by atoms with Gasteiger partial charge < -0.3 is 20.4 Å². The molecule has 2 unspecified atom stereocenters. The number of hydrogen-bond acceptors (Lipinski definition) is 4. The van der Waals surface area contributed by atoms with Crippen LogP contribution in [0, 0.1) is 0 Å². The van der Waals surface area contributed by atoms with Crippen LogP contribution < -0.4 is 0 Å². The van der Waals surface area contributed by atoms with E-state index in [9.17, 15) is 10.2 Å². The third-order valence-electron chi connectivity index (χ3n) is 3.73. The Labute approximate surface area is 123 Å². The molecular weight excluding hydrogens is 256 g/mol. The maximum atomic E-state index is 9.77. The molecule has 4 heteroatoms. The molecular formula is C16H34O4. The zero-order chi connectivity index (χ0) is 15.1. The average molecular weight is 290 g/mol. The minimum Gasteiger partial charge on any atom is -0.396 e. The second-order valence-corrected chi connectivity index (χ2v) is 5.76. The van der Waals surface area contributed by atoms with Gasteiger partial charge >= 0.3 is 0 Å². The maximum Gasteiger partial charge on any atom is 0.0771 e. The zero-order valence-corrected chi connectivity index (χ0v) is 12.8. The molecule has 0 aromatic heterocycles. The molecule has 0 heterocycles. The molecule has 0 aromatic rings. The van der Waals surface area contributed by atoms with E-state index in [1.54, 1.807) is 0 Å². The van der Waals surface area contributed by atoms with Gasteiger partial charge in [-0.15, -0.1) is 0 Å². The topological polar surface area (TPSA) is 80.9 Å². The Bertz CT molecular complexity index is 187. The Balaban J connectivity index is 3.17. The fourth-order valence-corrected chi connectivity index (χ4v) is 2.38. The Morgan fingerprint density at radius 3 is 1.50 bits per heavy atom. The maximum absolute atomic E-state index is 9.77. The summed E-state index contributed by atoms with van der Waals surface area (Å²) < 4.78 is 0. The molecule has 0 fully saturated rings. The van der Waals surface area contributed by atoms with Crippen LogP contribution in [0.5, 0.6) is 0 Å². The summed E-state index contributed by atoms with van der Waals surface area (Å²) in [4.78, 5) is 0. The highest BCUT2D eigenvalue weighted by atomic mass is 16.3. The SMILES string of the molecule is OCCCCCCCCCCC(O)CCCC(O)CO. The highest BCUT2D eigenvalue weighted by molar-refractivity contribution is 4.60. The van der Waals surface area contributed by atoms with Crippen LogP contribution in [0.1, 0.15) is 77.0 Å². The van der Waals surface area contributed by atoms with Crippen LogP contribution in [0.4, 0.5) is 0 Å². The van der Waals surface area contributed by atoms with Crippen LogP contribution in [0.2, 0.25) is 0 Å². The van der Waals surface area contributed by atoms with E-state index in [4.69, 9.17) is 10.2 Å². The van der Waals surface area contributed by atoms with Gasteiger partial charge in [-0.2, -0.15) is 0 Å². The van der Waals surface area contributed by atoms with Crippen molar-refractivity contribution in [3.05, 3.63) is 0 Å². The van der Waals surface area contributed by atoms with E-state index < -0.39 is 6.10 Å². The van der Waals surface area contributed by atoms with Crippen molar-refractivity contribution in [3.8, 4) is 0 Å². The normalized spacial score (nSPS) is 14.4. The third kappa shape index (κ3) is 14.3. The van der Waals surface area contributed by atoms with Crippen LogP contribution in [-0.2, 0) is 0 Å². The lowest BCUT2D eigenvalue weighted by molar-refractivity contribution is 0.0790. The quantitative estimate of drug-likeness (QED) is 0.349. The molecule has 2 atom stereocenters. The number of rotatable bonds is 15. The average Bonchev–Trinajstić information content (AvgIpc) is 2.45. The lowest BCUT2D eigenvalue weighted by Crippen LogP contribution is -2.13. The molecule has 0 aromatic carbocycles. The van der Waals surface area contributed by atoms with Gasteiger partial charge in [-0.25, -0.2) is 0 Å². The van der Waals surface area contributed by atoms with Crippen molar-refractivity contribution < 1.29 is 20.4 Å². The monoisotopic (exact) mass is 290 g/mol. The summed E-state index contributed by atoms with van der Waals surface area (Å²) in [6.07, 6.45) is 11.3. The van der Waals surface area contributed by atoms with E-state index in [1.807, 2.05) is 0 Å². The minimum absolute atomic E-state index is 0.186. The molecule has 4 nitrogen and oxygen atoms in total. The fourth-order valence-electron chi connectivity index (χ4n) is 2.38. The Hall–Kier alpha value is -0.160. The summed E-state index contributed by atoms with van der Waals surface area (Å²) in [5.41, 5.74) is 0. The van der Waals surface area contributed by atoms with Crippen molar-refractivity contribution in [2.45, 2.75) is 89.3 Å². The molecule has 0 aliphatic rings. The Kier molecular flexibility index (Phi) is 15.1. The molecule has 0 aliphatic heterocycles. The number of aliphatic hydroxyl groups is 4. The lowest BCUT2D eigenvalue weighted by Gasteiger charge is -2.11. The molecule has 0 amide bonds. The van der Waals surface area contributed by atoms with Gasteiger partial charge in [0.1, 0.15) is 0 Å². The van der Waals surface area contributed by atoms with Crippen molar-refractivity contribution in [1.82, 2.24) is 0 Å². The molecule has 0 radical (unpaired) electrons. The summed E-state index contributed by atoms with van der Waals surface area (Å²) in [7, 11) is 0. The molecule has 4 N–H and O–H groups in total. The van der Waals surface area contributed by atoms with Crippen molar-refractivity contribution >= 4 is 0 Å². The van der Waals surface area contributed by atoms with E-state index in [1.165, 1.54) is 32.1 Å². The first-order valence-electron chi connectivity index (χ1n) is 8.28. The number of unbranched alkanes of at least 4 members (excludes halogenated alkanes) is 7. The molecule has 0 aliphatic carbocycles. The van der Waals surface area contributed by atoms with Gasteiger partial charge in [0.2, 0.25) is 0 Å². The summed E-state index contributed by atoms with van der Waals surface area (Å²) >= 11 is 0. The Morgan fingerprint density at radius 2 is 0.950 bits per heavy atom. The fraction of sp³-hybridized carbons (Fsp3) is 1.00. The first kappa shape index (κ1) is 19.8. The van der Waals surface area contributed by atoms with Crippen molar-refractivity contribution in [3.63, 3.8) is 0 Å². The smallest absolute Gasteiger partial charge is 0.0771 e. The van der Waals surface area contributed by atoms with Crippen molar-refractivity contribution in [1.29, 1.82) is 0 Å². The molecule has 0 spiro atoms.